The average Bonchev–Trinajstić information content (AvgIpc) is 3.24. The van der Waals surface area contributed by atoms with E-state index in [4.69, 9.17) is 0 Å². The van der Waals surface area contributed by atoms with Crippen LogP contribution in [0.1, 0.15) is 50.3 Å². The first-order valence-corrected chi connectivity index (χ1v) is 13.0. The quantitative estimate of drug-likeness (QED) is 0.307. The van der Waals surface area contributed by atoms with Crippen molar-refractivity contribution in [2.75, 3.05) is 32.4 Å². The molecule has 166 valence electrons. The minimum Gasteiger partial charge on any atom is -0.356 e. The van der Waals surface area contributed by atoms with Gasteiger partial charge in [-0.2, -0.15) is 0 Å². The van der Waals surface area contributed by atoms with Crippen LogP contribution in [0.15, 0.2) is 22.5 Å². The second-order valence-electron chi connectivity index (χ2n) is 8.05. The molecule has 0 aromatic carbocycles. The van der Waals surface area contributed by atoms with E-state index in [1.807, 2.05) is 25.3 Å². The van der Waals surface area contributed by atoms with Crippen LogP contribution in [0, 0.1) is 5.92 Å². The van der Waals surface area contributed by atoms with Gasteiger partial charge in [-0.25, -0.2) is 0 Å². The summed E-state index contributed by atoms with van der Waals surface area (Å²) in [5.41, 5.74) is 0. The van der Waals surface area contributed by atoms with Crippen molar-refractivity contribution in [2.24, 2.45) is 10.9 Å². The minimum atomic E-state index is -0.678. The lowest BCUT2D eigenvalue weighted by atomic mass is 9.95. The number of aliphatic imine (C=N–C) groups is 1. The summed E-state index contributed by atoms with van der Waals surface area (Å²) >= 11 is 1.86. The Morgan fingerprint density at radius 3 is 2.76 bits per heavy atom. The molecule has 1 aromatic rings. The van der Waals surface area contributed by atoms with Crippen LogP contribution in [0.4, 0.5) is 0 Å². The molecule has 1 aliphatic carbocycles. The van der Waals surface area contributed by atoms with Crippen LogP contribution in [0.2, 0.25) is 0 Å². The van der Waals surface area contributed by atoms with E-state index in [0.717, 1.165) is 50.5 Å². The molecule has 2 N–H and O–H groups in total. The molecule has 1 saturated carbocycles. The summed E-state index contributed by atoms with van der Waals surface area (Å²) in [7, 11) is 1.17. The van der Waals surface area contributed by atoms with Crippen molar-refractivity contribution in [1.29, 1.82) is 0 Å². The Kier molecular flexibility index (Phi) is 11.5. The maximum absolute atomic E-state index is 12.2. The first kappa shape index (κ1) is 25.1. The molecule has 8 heteroatoms. The number of hydrogen-bond acceptors (Lipinski definition) is 4. The maximum atomic E-state index is 12.2. The van der Waals surface area contributed by atoms with Gasteiger partial charge < -0.3 is 10.6 Å². The standard InChI is InChI=1S/C21H36N4OS2.HI/c1-3-28(26)20-8-4-6-18(14-20)24-21(22-2)23-15-17-9-11-25(12-10-17)16-19-7-5-13-27-19;/h5,7,13,17-18,20H,3-4,6,8-12,14-16H2,1-2H3,(H2,22,23,24);1H. The van der Waals surface area contributed by atoms with Crippen LogP contribution in [0.3, 0.4) is 0 Å². The molecule has 0 bridgehead atoms. The van der Waals surface area contributed by atoms with E-state index in [9.17, 15) is 4.21 Å². The van der Waals surface area contributed by atoms with Crippen molar-refractivity contribution in [2.45, 2.75) is 63.3 Å². The molecule has 5 nitrogen and oxygen atoms in total. The fourth-order valence-corrected chi connectivity index (χ4v) is 6.45. The number of piperidine rings is 1. The van der Waals surface area contributed by atoms with Gasteiger partial charge in [0, 0.05) is 52.9 Å². The predicted molar refractivity (Wildman–Crippen MR) is 137 cm³/mol. The van der Waals surface area contributed by atoms with Crippen molar-refractivity contribution in [3.63, 3.8) is 0 Å². The van der Waals surface area contributed by atoms with Crippen LogP contribution in [0.5, 0.6) is 0 Å². The third-order valence-corrected chi connectivity index (χ3v) is 8.67. The van der Waals surface area contributed by atoms with Crippen molar-refractivity contribution < 1.29 is 4.21 Å². The van der Waals surface area contributed by atoms with E-state index >= 15 is 0 Å². The lowest BCUT2D eigenvalue weighted by Crippen LogP contribution is -2.48. The Hall–Kier alpha value is -0.190. The van der Waals surface area contributed by atoms with E-state index in [1.165, 1.54) is 30.8 Å². The zero-order chi connectivity index (χ0) is 19.8. The number of likely N-dealkylation sites (tertiary alicyclic amines) is 1. The van der Waals surface area contributed by atoms with Gasteiger partial charge in [-0.05, 0) is 62.6 Å². The Morgan fingerprint density at radius 1 is 1.31 bits per heavy atom. The van der Waals surface area contributed by atoms with Gasteiger partial charge in [0.1, 0.15) is 0 Å². The van der Waals surface area contributed by atoms with Gasteiger partial charge in [0.25, 0.3) is 0 Å². The number of rotatable bonds is 7. The predicted octanol–water partition coefficient (Wildman–Crippen LogP) is 3.82. The second kappa shape index (κ2) is 13.3. The van der Waals surface area contributed by atoms with Crippen LogP contribution in [-0.2, 0) is 17.3 Å². The minimum absolute atomic E-state index is 0. The van der Waals surface area contributed by atoms with E-state index < -0.39 is 10.8 Å². The van der Waals surface area contributed by atoms with E-state index in [1.54, 1.807) is 0 Å². The van der Waals surface area contributed by atoms with Crippen molar-refractivity contribution in [1.82, 2.24) is 15.5 Å². The largest absolute Gasteiger partial charge is 0.356 e. The zero-order valence-corrected chi connectivity index (χ0v) is 21.7. The summed E-state index contributed by atoms with van der Waals surface area (Å²) in [6.45, 7) is 6.48. The summed E-state index contributed by atoms with van der Waals surface area (Å²) < 4.78 is 12.2. The highest BCUT2D eigenvalue weighted by Crippen LogP contribution is 2.23. The second-order valence-corrected chi connectivity index (χ2v) is 11.1. The Labute approximate surface area is 200 Å². The van der Waals surface area contributed by atoms with Gasteiger partial charge >= 0.3 is 0 Å². The number of nitrogens with zero attached hydrogens (tertiary/aromatic N) is 2. The molecule has 1 aromatic heterocycles. The number of nitrogens with one attached hydrogen (secondary N) is 2. The van der Waals surface area contributed by atoms with E-state index in [2.05, 4.69) is 38.0 Å². The highest BCUT2D eigenvalue weighted by molar-refractivity contribution is 14.0. The molecule has 3 unspecified atom stereocenters. The molecule has 2 aliphatic rings. The lowest BCUT2D eigenvalue weighted by molar-refractivity contribution is 0.179. The van der Waals surface area contributed by atoms with Gasteiger partial charge in [-0.3, -0.25) is 14.1 Å². The number of guanidine groups is 1. The number of halogens is 1. The monoisotopic (exact) mass is 552 g/mol. The SMILES string of the molecule is CCS(=O)C1CCCC(NC(=NC)NCC2CCN(Cc3cccs3)CC2)C1.I. The molecule has 3 atom stereocenters. The fraction of sp³-hybridized carbons (Fsp3) is 0.762. The van der Waals surface area contributed by atoms with Crippen molar-refractivity contribution in [3.05, 3.63) is 22.4 Å². The fourth-order valence-electron chi connectivity index (χ4n) is 4.35. The van der Waals surface area contributed by atoms with Crippen LogP contribution < -0.4 is 10.6 Å². The Morgan fingerprint density at radius 2 is 2.10 bits per heavy atom. The highest BCUT2D eigenvalue weighted by atomic mass is 127. The molecule has 1 aliphatic heterocycles. The van der Waals surface area contributed by atoms with Gasteiger partial charge in [0.05, 0.1) is 0 Å². The zero-order valence-electron chi connectivity index (χ0n) is 17.8. The summed E-state index contributed by atoms with van der Waals surface area (Å²) in [5, 5.41) is 9.65. The summed E-state index contributed by atoms with van der Waals surface area (Å²) in [6.07, 6.45) is 6.91. The van der Waals surface area contributed by atoms with Crippen molar-refractivity contribution >= 4 is 52.1 Å². The highest BCUT2D eigenvalue weighted by Gasteiger charge is 2.26. The van der Waals surface area contributed by atoms with Gasteiger partial charge in [0.2, 0.25) is 0 Å². The van der Waals surface area contributed by atoms with Crippen molar-refractivity contribution in [3.8, 4) is 0 Å². The first-order valence-electron chi connectivity index (χ1n) is 10.8. The van der Waals surface area contributed by atoms with Gasteiger partial charge in [-0.1, -0.05) is 19.4 Å². The molecule has 0 spiro atoms. The molecule has 2 fully saturated rings. The normalized spacial score (nSPS) is 25.2. The first-order chi connectivity index (χ1) is 13.7. The topological polar surface area (TPSA) is 56.7 Å². The molecule has 1 saturated heterocycles. The molecular formula is C21H37IN4OS2. The summed E-state index contributed by atoms with van der Waals surface area (Å²) in [6, 6.07) is 4.77. The molecule has 0 radical (unpaired) electrons. The lowest BCUT2D eigenvalue weighted by Gasteiger charge is -2.33. The molecular weight excluding hydrogens is 515 g/mol. The maximum Gasteiger partial charge on any atom is 0.191 e. The summed E-state index contributed by atoms with van der Waals surface area (Å²) in [4.78, 5) is 8.47. The number of thiophene rings is 1. The third-order valence-electron chi connectivity index (χ3n) is 6.07. The molecule has 29 heavy (non-hydrogen) atoms. The van der Waals surface area contributed by atoms with Gasteiger partial charge in [0.15, 0.2) is 5.96 Å². The number of hydrogen-bond donors (Lipinski definition) is 2. The summed E-state index contributed by atoms with van der Waals surface area (Å²) in [5.74, 6) is 2.40. The van der Waals surface area contributed by atoms with Crippen LogP contribution >= 0.6 is 35.3 Å². The Bertz CT molecular complexity index is 633. The van der Waals surface area contributed by atoms with Crippen LogP contribution in [-0.4, -0.2) is 58.8 Å². The average molecular weight is 553 g/mol. The third kappa shape index (κ3) is 8.10. The molecule has 0 amide bonds. The Balaban J connectivity index is 0.00000300. The smallest absolute Gasteiger partial charge is 0.191 e. The van der Waals surface area contributed by atoms with E-state index in [-0.39, 0.29) is 24.0 Å². The van der Waals surface area contributed by atoms with Gasteiger partial charge in [-0.15, -0.1) is 35.3 Å². The van der Waals surface area contributed by atoms with Crippen LogP contribution in [0.25, 0.3) is 0 Å². The molecule has 3 rings (SSSR count). The molecule has 2 heterocycles. The van der Waals surface area contributed by atoms with E-state index in [0.29, 0.717) is 17.2 Å².